The summed E-state index contributed by atoms with van der Waals surface area (Å²) >= 11 is 5.77. The molecule has 0 aliphatic heterocycles. The van der Waals surface area contributed by atoms with Crippen molar-refractivity contribution in [2.45, 2.75) is 12.5 Å². The molecule has 0 saturated heterocycles. The van der Waals surface area contributed by atoms with E-state index in [-0.39, 0.29) is 17.3 Å². The Balaban J connectivity index is 2.77. The van der Waals surface area contributed by atoms with E-state index in [9.17, 15) is 14.3 Å². The molecule has 0 amide bonds. The van der Waals surface area contributed by atoms with Crippen molar-refractivity contribution in [3.8, 4) is 0 Å². The summed E-state index contributed by atoms with van der Waals surface area (Å²) < 4.78 is 17.8. The second kappa shape index (κ2) is 5.33. The third-order valence-corrected chi connectivity index (χ3v) is 2.51. The Morgan fingerprint density at radius 2 is 2.29 bits per heavy atom. The summed E-state index contributed by atoms with van der Waals surface area (Å²) in [6, 6.07) is 4.18. The molecule has 0 spiro atoms. The highest BCUT2D eigenvalue weighted by Crippen LogP contribution is 2.25. The highest BCUT2D eigenvalue weighted by atomic mass is 35.5. The zero-order chi connectivity index (χ0) is 13.1. The second-order valence-electron chi connectivity index (χ2n) is 3.72. The fourth-order valence-electron chi connectivity index (χ4n) is 1.22. The molecule has 0 radical (unpaired) electrons. The van der Waals surface area contributed by atoms with Gasteiger partial charge in [-0.1, -0.05) is 17.7 Å². The van der Waals surface area contributed by atoms with Crippen molar-refractivity contribution in [2.75, 3.05) is 19.0 Å². The molecule has 1 atom stereocenters. The van der Waals surface area contributed by atoms with Crippen LogP contribution in [0.15, 0.2) is 18.2 Å². The molecule has 2 N–H and O–H groups in total. The van der Waals surface area contributed by atoms with Gasteiger partial charge in [0.05, 0.1) is 24.4 Å². The first-order chi connectivity index (χ1) is 7.88. The fraction of sp³-hybridized carbons (Fsp3) is 0.364. The van der Waals surface area contributed by atoms with Gasteiger partial charge in [0.2, 0.25) is 0 Å². The number of carbonyl (C=O) groups excluding carboxylic acids is 1. The number of benzene rings is 1. The zero-order valence-corrected chi connectivity index (χ0v) is 10.2. The van der Waals surface area contributed by atoms with Crippen LogP contribution in [0.2, 0.25) is 5.02 Å². The van der Waals surface area contributed by atoms with E-state index in [1.807, 2.05) is 0 Å². The predicted octanol–water partition coefficient (Wildman–Crippen LogP) is 1.81. The van der Waals surface area contributed by atoms with Crippen molar-refractivity contribution in [2.24, 2.45) is 0 Å². The van der Waals surface area contributed by atoms with Gasteiger partial charge in [-0.2, -0.15) is 0 Å². The minimum atomic E-state index is -1.75. The summed E-state index contributed by atoms with van der Waals surface area (Å²) in [4.78, 5) is 11.2. The lowest BCUT2D eigenvalue weighted by Crippen LogP contribution is -2.43. The van der Waals surface area contributed by atoms with Crippen LogP contribution in [-0.4, -0.2) is 30.3 Å². The molecule has 0 aliphatic carbocycles. The Kier molecular flexibility index (Phi) is 4.31. The summed E-state index contributed by atoms with van der Waals surface area (Å²) in [5, 5.41) is 12.5. The number of carbonyl (C=O) groups is 1. The maximum absolute atomic E-state index is 13.4. The maximum atomic E-state index is 13.4. The summed E-state index contributed by atoms with van der Waals surface area (Å²) in [6.45, 7) is 1.06. The molecular weight excluding hydrogens is 249 g/mol. The van der Waals surface area contributed by atoms with Gasteiger partial charge in [0.25, 0.3) is 0 Å². The Labute approximate surface area is 103 Å². The standard InChI is InChI=1S/C11H13ClFNO3/c1-11(16,10(15)17-2)6-14-9-7(12)4-3-5-8(9)13/h3-5,14,16H,6H2,1-2H3. The first kappa shape index (κ1) is 13.7. The van der Waals surface area contributed by atoms with Crippen LogP contribution in [-0.2, 0) is 9.53 Å². The molecule has 94 valence electrons. The first-order valence-electron chi connectivity index (χ1n) is 4.87. The second-order valence-corrected chi connectivity index (χ2v) is 4.12. The molecule has 0 aromatic heterocycles. The molecule has 1 rings (SSSR count). The quantitative estimate of drug-likeness (QED) is 0.812. The minimum absolute atomic E-state index is 0.0401. The molecular formula is C11H13ClFNO3. The molecule has 17 heavy (non-hydrogen) atoms. The van der Waals surface area contributed by atoms with Crippen molar-refractivity contribution in [3.05, 3.63) is 29.0 Å². The number of ether oxygens (including phenoxy) is 1. The van der Waals surface area contributed by atoms with Crippen LogP contribution in [0.1, 0.15) is 6.92 Å². The molecule has 0 fully saturated rings. The number of methoxy groups -OCH3 is 1. The van der Waals surface area contributed by atoms with Crippen molar-refractivity contribution in [1.29, 1.82) is 0 Å². The van der Waals surface area contributed by atoms with Gasteiger partial charge < -0.3 is 15.2 Å². The predicted molar refractivity (Wildman–Crippen MR) is 62.5 cm³/mol. The van der Waals surface area contributed by atoms with Crippen molar-refractivity contribution < 1.29 is 19.0 Å². The number of esters is 1. The van der Waals surface area contributed by atoms with Crippen LogP contribution < -0.4 is 5.32 Å². The van der Waals surface area contributed by atoms with Crippen LogP contribution in [0.5, 0.6) is 0 Å². The van der Waals surface area contributed by atoms with Crippen LogP contribution in [0.4, 0.5) is 10.1 Å². The summed E-state index contributed by atoms with van der Waals surface area (Å²) in [6.07, 6.45) is 0. The number of nitrogens with one attached hydrogen (secondary N) is 1. The summed E-state index contributed by atoms with van der Waals surface area (Å²) in [5.74, 6) is -1.37. The smallest absolute Gasteiger partial charge is 0.339 e. The van der Waals surface area contributed by atoms with E-state index in [1.54, 1.807) is 0 Å². The lowest BCUT2D eigenvalue weighted by Gasteiger charge is -2.21. The average Bonchev–Trinajstić information content (AvgIpc) is 2.27. The van der Waals surface area contributed by atoms with Gasteiger partial charge in [0.15, 0.2) is 5.60 Å². The largest absolute Gasteiger partial charge is 0.467 e. The van der Waals surface area contributed by atoms with E-state index in [2.05, 4.69) is 10.1 Å². The van der Waals surface area contributed by atoms with E-state index < -0.39 is 17.4 Å². The van der Waals surface area contributed by atoms with Gasteiger partial charge in [-0.3, -0.25) is 0 Å². The van der Waals surface area contributed by atoms with Crippen LogP contribution in [0, 0.1) is 5.82 Å². The number of aliphatic hydroxyl groups is 1. The molecule has 6 heteroatoms. The summed E-state index contributed by atoms with van der Waals surface area (Å²) in [7, 11) is 1.16. The topological polar surface area (TPSA) is 58.6 Å². The monoisotopic (exact) mass is 261 g/mol. The molecule has 0 aliphatic rings. The Morgan fingerprint density at radius 3 is 2.82 bits per heavy atom. The summed E-state index contributed by atoms with van der Waals surface area (Å²) in [5.41, 5.74) is -1.71. The van der Waals surface area contributed by atoms with Crippen LogP contribution >= 0.6 is 11.6 Å². The normalized spacial score (nSPS) is 13.9. The van der Waals surface area contributed by atoms with Crippen molar-refractivity contribution in [1.82, 2.24) is 0 Å². The van der Waals surface area contributed by atoms with E-state index >= 15 is 0 Å². The number of hydrogen-bond donors (Lipinski definition) is 2. The Bertz CT molecular complexity index is 403. The average molecular weight is 262 g/mol. The fourth-order valence-corrected chi connectivity index (χ4v) is 1.45. The van der Waals surface area contributed by atoms with Gasteiger partial charge in [0, 0.05) is 0 Å². The third-order valence-electron chi connectivity index (χ3n) is 2.20. The first-order valence-corrected chi connectivity index (χ1v) is 5.25. The Morgan fingerprint density at radius 1 is 1.65 bits per heavy atom. The molecule has 0 bridgehead atoms. The molecule has 1 aromatic carbocycles. The lowest BCUT2D eigenvalue weighted by atomic mass is 10.1. The zero-order valence-electron chi connectivity index (χ0n) is 9.46. The third kappa shape index (κ3) is 3.31. The van der Waals surface area contributed by atoms with E-state index in [0.717, 1.165) is 7.11 Å². The van der Waals surface area contributed by atoms with Crippen LogP contribution in [0.25, 0.3) is 0 Å². The molecule has 4 nitrogen and oxygen atoms in total. The maximum Gasteiger partial charge on any atom is 0.339 e. The van der Waals surface area contributed by atoms with E-state index in [0.29, 0.717) is 0 Å². The highest BCUT2D eigenvalue weighted by molar-refractivity contribution is 6.33. The molecule has 1 unspecified atom stereocenters. The van der Waals surface area contributed by atoms with Crippen molar-refractivity contribution in [3.63, 3.8) is 0 Å². The van der Waals surface area contributed by atoms with Gasteiger partial charge in [-0.05, 0) is 19.1 Å². The number of para-hydroxylation sites is 1. The molecule has 0 saturated carbocycles. The lowest BCUT2D eigenvalue weighted by molar-refractivity contribution is -0.158. The van der Waals surface area contributed by atoms with Gasteiger partial charge in [-0.25, -0.2) is 9.18 Å². The number of rotatable bonds is 4. The van der Waals surface area contributed by atoms with Crippen LogP contribution in [0.3, 0.4) is 0 Å². The number of halogens is 2. The number of hydrogen-bond acceptors (Lipinski definition) is 4. The SMILES string of the molecule is COC(=O)C(C)(O)CNc1c(F)cccc1Cl. The minimum Gasteiger partial charge on any atom is -0.467 e. The molecule has 0 heterocycles. The Hall–Kier alpha value is -1.33. The highest BCUT2D eigenvalue weighted by Gasteiger charge is 2.31. The van der Waals surface area contributed by atoms with Gasteiger partial charge in [0.1, 0.15) is 5.82 Å². The van der Waals surface area contributed by atoms with E-state index in [4.69, 9.17) is 11.6 Å². The van der Waals surface area contributed by atoms with Crippen molar-refractivity contribution >= 4 is 23.3 Å². The van der Waals surface area contributed by atoms with Gasteiger partial charge in [-0.15, -0.1) is 0 Å². The number of anilines is 1. The molecule has 1 aromatic rings. The van der Waals surface area contributed by atoms with Gasteiger partial charge >= 0.3 is 5.97 Å². The van der Waals surface area contributed by atoms with E-state index in [1.165, 1.54) is 25.1 Å².